The number of anilines is 1. The number of aromatic amines is 1. The summed E-state index contributed by atoms with van der Waals surface area (Å²) in [5.41, 5.74) is 0.825. The number of benzene rings is 2. The molecule has 0 radical (unpaired) electrons. The maximum absolute atomic E-state index is 14.2. The molecule has 9 nitrogen and oxygen atoms in total. The van der Waals surface area contributed by atoms with E-state index in [1.54, 1.807) is 13.0 Å². The van der Waals surface area contributed by atoms with Crippen LogP contribution in [0.1, 0.15) is 16.1 Å². The van der Waals surface area contributed by atoms with Crippen LogP contribution < -0.4 is 10.9 Å². The third kappa shape index (κ3) is 3.66. The first-order valence-corrected chi connectivity index (χ1v) is 10.2. The number of hydrogen-bond donors (Lipinski definition) is 2. The second kappa shape index (κ2) is 7.99. The lowest BCUT2D eigenvalue weighted by atomic mass is 10.2. The summed E-state index contributed by atoms with van der Waals surface area (Å²) < 4.78 is 17.0. The molecule has 3 heterocycles. The number of fused-ring (bicyclic) bond motifs is 1. The Balaban J connectivity index is 1.60. The number of carbonyl (C=O) groups is 1. The molecule has 0 aliphatic rings. The van der Waals surface area contributed by atoms with E-state index in [1.165, 1.54) is 27.7 Å². The van der Waals surface area contributed by atoms with Crippen molar-refractivity contribution in [2.24, 2.45) is 0 Å². The molecule has 2 aromatic carbocycles. The molecule has 5 aromatic rings. The molecule has 11 heteroatoms. The molecule has 2 N–H and O–H groups in total. The van der Waals surface area contributed by atoms with Crippen LogP contribution in [0.15, 0.2) is 65.6 Å². The number of halogens is 2. The second-order valence-electron chi connectivity index (χ2n) is 7.15. The second-order valence-corrected chi connectivity index (χ2v) is 7.56. The van der Waals surface area contributed by atoms with Gasteiger partial charge in [-0.25, -0.2) is 9.07 Å². The van der Waals surface area contributed by atoms with Crippen LogP contribution in [-0.2, 0) is 0 Å². The number of carbonyl (C=O) groups excluding carboxylic acids is 1. The molecule has 0 aliphatic heterocycles. The Labute approximate surface area is 190 Å². The zero-order chi connectivity index (χ0) is 23.1. The average Bonchev–Trinajstić information content (AvgIpc) is 3.38. The largest absolute Gasteiger partial charge is 0.306 e. The van der Waals surface area contributed by atoms with E-state index in [9.17, 15) is 14.0 Å². The van der Waals surface area contributed by atoms with Gasteiger partial charge >= 0.3 is 0 Å². The van der Waals surface area contributed by atoms with Crippen LogP contribution in [0.3, 0.4) is 0 Å². The minimum absolute atomic E-state index is 0.0324. The van der Waals surface area contributed by atoms with E-state index < -0.39 is 17.3 Å². The Morgan fingerprint density at radius 2 is 1.91 bits per heavy atom. The summed E-state index contributed by atoms with van der Waals surface area (Å²) in [5.74, 6) is -1.31. The Morgan fingerprint density at radius 1 is 1.12 bits per heavy atom. The van der Waals surface area contributed by atoms with Gasteiger partial charge in [0.05, 0.1) is 28.2 Å². The molecule has 0 aliphatic carbocycles. The molecule has 0 fully saturated rings. The van der Waals surface area contributed by atoms with Crippen LogP contribution >= 0.6 is 11.6 Å². The highest BCUT2D eigenvalue weighted by atomic mass is 35.5. The predicted molar refractivity (Wildman–Crippen MR) is 121 cm³/mol. The molecule has 0 saturated carbocycles. The minimum Gasteiger partial charge on any atom is -0.306 e. The first-order valence-electron chi connectivity index (χ1n) is 9.78. The monoisotopic (exact) mass is 463 g/mol. The van der Waals surface area contributed by atoms with Crippen molar-refractivity contribution in [2.45, 2.75) is 6.92 Å². The molecule has 0 saturated heterocycles. The van der Waals surface area contributed by atoms with Gasteiger partial charge in [-0.05, 0) is 31.2 Å². The molecular formula is C22H15ClFN7O2. The third-order valence-corrected chi connectivity index (χ3v) is 5.20. The zero-order valence-corrected chi connectivity index (χ0v) is 17.8. The zero-order valence-electron chi connectivity index (χ0n) is 17.1. The van der Waals surface area contributed by atoms with E-state index in [0.717, 1.165) is 11.8 Å². The standard InChI is InChI=1S/C22H15ClFN7O2/c1-12-10-17(26-21(33)18-15(23)8-5-9-16(18)24)31(29-12)22-27-19-14(20(32)28-22)11-25-30(19)13-6-3-2-4-7-13/h2-11H,1H3,(H,26,33)(H,27,28,32). The first-order chi connectivity index (χ1) is 15.9. The van der Waals surface area contributed by atoms with Gasteiger partial charge in [-0.1, -0.05) is 35.9 Å². The quantitative estimate of drug-likeness (QED) is 0.422. The van der Waals surface area contributed by atoms with Crippen molar-refractivity contribution in [1.29, 1.82) is 0 Å². The third-order valence-electron chi connectivity index (χ3n) is 4.89. The normalized spacial score (nSPS) is 11.1. The summed E-state index contributed by atoms with van der Waals surface area (Å²) >= 11 is 6.01. The summed E-state index contributed by atoms with van der Waals surface area (Å²) in [5, 5.41) is 11.4. The number of rotatable bonds is 4. The lowest BCUT2D eigenvalue weighted by Crippen LogP contribution is -2.20. The van der Waals surface area contributed by atoms with Crippen LogP contribution in [0.5, 0.6) is 0 Å². The van der Waals surface area contributed by atoms with Gasteiger partial charge in [-0.2, -0.15) is 19.9 Å². The van der Waals surface area contributed by atoms with Crippen molar-refractivity contribution in [1.82, 2.24) is 29.5 Å². The Kier molecular flexibility index (Phi) is 4.98. The molecule has 164 valence electrons. The van der Waals surface area contributed by atoms with Crippen molar-refractivity contribution < 1.29 is 9.18 Å². The molecule has 33 heavy (non-hydrogen) atoms. The van der Waals surface area contributed by atoms with Gasteiger partial charge in [-0.15, -0.1) is 0 Å². The number of aryl methyl sites for hydroxylation is 1. The number of aromatic nitrogens is 6. The fraction of sp³-hybridized carbons (Fsp3) is 0.0455. The Morgan fingerprint density at radius 3 is 2.67 bits per heavy atom. The molecule has 0 atom stereocenters. The van der Waals surface area contributed by atoms with Gasteiger partial charge in [0, 0.05) is 6.07 Å². The smallest absolute Gasteiger partial charge is 0.263 e. The number of hydrogen-bond acceptors (Lipinski definition) is 5. The lowest BCUT2D eigenvalue weighted by Gasteiger charge is -2.10. The van der Waals surface area contributed by atoms with Crippen LogP contribution in [-0.4, -0.2) is 35.4 Å². The van der Waals surface area contributed by atoms with Gasteiger partial charge in [0.2, 0.25) is 5.95 Å². The van der Waals surface area contributed by atoms with Gasteiger partial charge in [0.15, 0.2) is 5.65 Å². The number of nitrogens with one attached hydrogen (secondary N) is 2. The summed E-state index contributed by atoms with van der Waals surface area (Å²) in [6.45, 7) is 1.70. The van der Waals surface area contributed by atoms with Crippen molar-refractivity contribution in [3.05, 3.63) is 93.2 Å². The molecular weight excluding hydrogens is 449 g/mol. The molecule has 0 bridgehead atoms. The maximum atomic E-state index is 14.2. The van der Waals surface area contributed by atoms with Crippen LogP contribution in [0.25, 0.3) is 22.7 Å². The summed E-state index contributed by atoms with van der Waals surface area (Å²) in [7, 11) is 0. The van der Waals surface area contributed by atoms with Crippen molar-refractivity contribution >= 4 is 34.4 Å². The van der Waals surface area contributed by atoms with Gasteiger partial charge in [0.1, 0.15) is 17.0 Å². The van der Waals surface area contributed by atoms with E-state index in [1.807, 2.05) is 30.3 Å². The molecule has 0 unspecified atom stereocenters. The summed E-state index contributed by atoms with van der Waals surface area (Å²) in [6.07, 6.45) is 1.43. The van der Waals surface area contributed by atoms with Crippen molar-refractivity contribution in [2.75, 3.05) is 5.32 Å². The van der Waals surface area contributed by atoms with E-state index in [-0.39, 0.29) is 27.7 Å². The highest BCUT2D eigenvalue weighted by molar-refractivity contribution is 6.34. The summed E-state index contributed by atoms with van der Waals surface area (Å²) in [4.78, 5) is 32.6. The fourth-order valence-corrected chi connectivity index (χ4v) is 3.66. The predicted octanol–water partition coefficient (Wildman–Crippen LogP) is 3.65. The number of amides is 1. The average molecular weight is 464 g/mol. The number of nitrogens with zero attached hydrogens (tertiary/aromatic N) is 5. The SMILES string of the molecule is Cc1cc(NC(=O)c2c(F)cccc2Cl)n(-c2nc3c(cnn3-c3ccccc3)c(=O)[nH]2)n1. The number of H-pyrrole nitrogens is 1. The fourth-order valence-electron chi connectivity index (χ4n) is 3.41. The highest BCUT2D eigenvalue weighted by Crippen LogP contribution is 2.22. The number of para-hydroxylation sites is 1. The van der Waals surface area contributed by atoms with E-state index in [4.69, 9.17) is 11.6 Å². The topological polar surface area (TPSA) is 110 Å². The van der Waals surface area contributed by atoms with E-state index in [0.29, 0.717) is 11.3 Å². The van der Waals surface area contributed by atoms with Crippen LogP contribution in [0.4, 0.5) is 10.2 Å². The highest BCUT2D eigenvalue weighted by Gasteiger charge is 2.20. The van der Waals surface area contributed by atoms with Crippen molar-refractivity contribution in [3.8, 4) is 11.6 Å². The van der Waals surface area contributed by atoms with E-state index in [2.05, 4.69) is 25.5 Å². The van der Waals surface area contributed by atoms with E-state index >= 15 is 0 Å². The van der Waals surface area contributed by atoms with Gasteiger partial charge < -0.3 is 5.32 Å². The molecule has 3 aromatic heterocycles. The van der Waals surface area contributed by atoms with Crippen LogP contribution in [0.2, 0.25) is 5.02 Å². The Hall–Kier alpha value is -4.31. The Bertz CT molecular complexity index is 1550. The lowest BCUT2D eigenvalue weighted by molar-refractivity contribution is 0.102. The minimum atomic E-state index is -0.767. The molecule has 5 rings (SSSR count). The van der Waals surface area contributed by atoms with Gasteiger partial charge in [0.25, 0.3) is 11.5 Å². The van der Waals surface area contributed by atoms with Crippen molar-refractivity contribution in [3.63, 3.8) is 0 Å². The summed E-state index contributed by atoms with van der Waals surface area (Å²) in [6, 6.07) is 14.7. The van der Waals surface area contributed by atoms with Crippen LogP contribution in [0, 0.1) is 12.7 Å². The molecule has 1 amide bonds. The maximum Gasteiger partial charge on any atom is 0.263 e. The van der Waals surface area contributed by atoms with Gasteiger partial charge in [-0.3, -0.25) is 14.6 Å². The first kappa shape index (κ1) is 20.6. The molecule has 0 spiro atoms.